The lowest BCUT2D eigenvalue weighted by atomic mass is 9.76. The fraction of sp³-hybridized carbons (Fsp3) is 0.929. The quantitative estimate of drug-likeness (QED) is 0.781. The molecular weight excluding hydrogens is 212 g/mol. The molecule has 2 amide bonds. The third kappa shape index (κ3) is 5.94. The van der Waals surface area contributed by atoms with Crippen molar-refractivity contribution in [2.45, 2.75) is 65.8 Å². The summed E-state index contributed by atoms with van der Waals surface area (Å²) in [6.07, 6.45) is 6.12. The lowest BCUT2D eigenvalue weighted by Gasteiger charge is -2.33. The number of hydrogen-bond acceptors (Lipinski definition) is 1. The van der Waals surface area contributed by atoms with Crippen LogP contribution in [0, 0.1) is 11.3 Å². The molecule has 1 fully saturated rings. The second-order valence-electron chi connectivity index (χ2n) is 6.50. The van der Waals surface area contributed by atoms with Gasteiger partial charge in [-0.2, -0.15) is 0 Å². The van der Waals surface area contributed by atoms with E-state index in [-0.39, 0.29) is 6.03 Å². The van der Waals surface area contributed by atoms with Crippen LogP contribution in [0.25, 0.3) is 0 Å². The summed E-state index contributed by atoms with van der Waals surface area (Å²) in [5, 5.41) is 5.89. The topological polar surface area (TPSA) is 41.1 Å². The summed E-state index contributed by atoms with van der Waals surface area (Å²) in [6.45, 7) is 9.54. The Morgan fingerprint density at radius 1 is 1.29 bits per heavy atom. The van der Waals surface area contributed by atoms with Crippen molar-refractivity contribution in [3.05, 3.63) is 0 Å². The molecule has 0 aliphatic heterocycles. The van der Waals surface area contributed by atoms with Gasteiger partial charge in [0.2, 0.25) is 0 Å². The molecule has 1 aliphatic rings. The summed E-state index contributed by atoms with van der Waals surface area (Å²) in [7, 11) is 0. The molecule has 17 heavy (non-hydrogen) atoms. The van der Waals surface area contributed by atoms with E-state index in [1.54, 1.807) is 0 Å². The van der Waals surface area contributed by atoms with Gasteiger partial charge >= 0.3 is 6.03 Å². The first-order chi connectivity index (χ1) is 7.90. The number of carbonyl (C=O) groups excluding carboxylic acids is 1. The molecule has 0 aromatic heterocycles. The largest absolute Gasteiger partial charge is 0.338 e. The van der Waals surface area contributed by atoms with Crippen LogP contribution in [0.2, 0.25) is 0 Å². The molecule has 1 rings (SSSR count). The van der Waals surface area contributed by atoms with Crippen molar-refractivity contribution < 1.29 is 4.79 Å². The Morgan fingerprint density at radius 2 is 2.00 bits per heavy atom. The van der Waals surface area contributed by atoms with E-state index in [1.165, 1.54) is 19.3 Å². The van der Waals surface area contributed by atoms with Crippen molar-refractivity contribution in [3.63, 3.8) is 0 Å². The molecule has 0 radical (unpaired) electrons. The van der Waals surface area contributed by atoms with Crippen molar-refractivity contribution in [3.8, 4) is 0 Å². The minimum absolute atomic E-state index is 0.00564. The fourth-order valence-corrected chi connectivity index (χ4v) is 2.87. The molecule has 100 valence electrons. The molecular formula is C14H28N2O. The van der Waals surface area contributed by atoms with E-state index in [0.717, 1.165) is 18.8 Å². The summed E-state index contributed by atoms with van der Waals surface area (Å²) < 4.78 is 0. The Bertz CT molecular complexity index is 245. The number of nitrogens with one attached hydrogen (secondary N) is 2. The predicted molar refractivity (Wildman–Crippen MR) is 72.0 cm³/mol. The van der Waals surface area contributed by atoms with Gasteiger partial charge < -0.3 is 10.6 Å². The minimum atomic E-state index is -0.00564. The molecule has 1 saturated carbocycles. The van der Waals surface area contributed by atoms with Crippen LogP contribution < -0.4 is 10.6 Å². The molecule has 0 bridgehead atoms. The van der Waals surface area contributed by atoms with Crippen LogP contribution in [0.4, 0.5) is 4.79 Å². The van der Waals surface area contributed by atoms with Crippen LogP contribution in [-0.4, -0.2) is 18.6 Å². The number of urea groups is 1. The third-order valence-corrected chi connectivity index (χ3v) is 3.36. The summed E-state index contributed by atoms with van der Waals surface area (Å²) >= 11 is 0. The number of amides is 2. The number of rotatable bonds is 3. The smallest absolute Gasteiger partial charge is 0.314 e. The highest BCUT2D eigenvalue weighted by Crippen LogP contribution is 2.34. The van der Waals surface area contributed by atoms with Crippen molar-refractivity contribution in [2.24, 2.45) is 11.3 Å². The minimum Gasteiger partial charge on any atom is -0.338 e. The first-order valence-electron chi connectivity index (χ1n) is 6.95. The van der Waals surface area contributed by atoms with E-state index in [0.29, 0.717) is 18.0 Å². The Balaban J connectivity index is 2.36. The molecule has 3 nitrogen and oxygen atoms in total. The van der Waals surface area contributed by atoms with Crippen LogP contribution >= 0.6 is 0 Å². The zero-order chi connectivity index (χ0) is 12.9. The maximum atomic E-state index is 11.5. The van der Waals surface area contributed by atoms with Gasteiger partial charge in [-0.25, -0.2) is 4.79 Å². The average molecular weight is 240 g/mol. The van der Waals surface area contributed by atoms with Crippen molar-refractivity contribution in [1.29, 1.82) is 0 Å². The van der Waals surface area contributed by atoms with Crippen LogP contribution in [0.5, 0.6) is 0 Å². The molecule has 0 saturated heterocycles. The van der Waals surface area contributed by atoms with E-state index < -0.39 is 0 Å². The maximum Gasteiger partial charge on any atom is 0.314 e. The Kier molecular flexibility index (Phi) is 5.29. The van der Waals surface area contributed by atoms with Gasteiger partial charge in [0.05, 0.1) is 0 Å². The van der Waals surface area contributed by atoms with Crippen LogP contribution in [0.3, 0.4) is 0 Å². The average Bonchev–Trinajstić information content (AvgIpc) is 2.15. The molecule has 2 N–H and O–H groups in total. The molecule has 0 spiro atoms. The van der Waals surface area contributed by atoms with Gasteiger partial charge in [-0.1, -0.05) is 33.6 Å². The molecule has 3 heteroatoms. The van der Waals surface area contributed by atoms with Crippen molar-refractivity contribution >= 4 is 6.03 Å². The van der Waals surface area contributed by atoms with Crippen LogP contribution in [0.1, 0.15) is 59.8 Å². The summed E-state index contributed by atoms with van der Waals surface area (Å²) in [4.78, 5) is 11.5. The van der Waals surface area contributed by atoms with E-state index in [2.05, 4.69) is 31.4 Å². The fourth-order valence-electron chi connectivity index (χ4n) is 2.87. The molecule has 0 unspecified atom stereocenters. The Hall–Kier alpha value is -0.730. The summed E-state index contributed by atoms with van der Waals surface area (Å²) in [5.41, 5.74) is 0.401. The molecule has 1 aliphatic carbocycles. The number of hydrogen-bond donors (Lipinski definition) is 2. The lowest BCUT2D eigenvalue weighted by Crippen LogP contribution is -2.44. The number of carbonyl (C=O) groups is 1. The zero-order valence-electron chi connectivity index (χ0n) is 11.8. The molecule has 0 aromatic carbocycles. The normalized spacial score (nSPS) is 25.4. The van der Waals surface area contributed by atoms with E-state index in [9.17, 15) is 4.79 Å². The van der Waals surface area contributed by atoms with Crippen LogP contribution in [-0.2, 0) is 0 Å². The standard InChI is InChI=1S/C14H28N2O/c1-5-15-13(17)16-12-8-6-7-11(9-12)10-14(2,3)4/h11-12H,5-10H2,1-4H3,(H2,15,16,17)/t11-,12+/m1/s1. The second kappa shape index (κ2) is 6.27. The van der Waals surface area contributed by atoms with Gasteiger partial charge in [0.25, 0.3) is 0 Å². The van der Waals surface area contributed by atoms with Gasteiger partial charge in [0.15, 0.2) is 0 Å². The van der Waals surface area contributed by atoms with Gasteiger partial charge in [-0.3, -0.25) is 0 Å². The highest BCUT2D eigenvalue weighted by Gasteiger charge is 2.26. The second-order valence-corrected chi connectivity index (χ2v) is 6.50. The highest BCUT2D eigenvalue weighted by molar-refractivity contribution is 5.74. The molecule has 0 aromatic rings. The molecule has 2 atom stereocenters. The summed E-state index contributed by atoms with van der Waals surface area (Å²) in [6, 6.07) is 0.372. The van der Waals surface area contributed by atoms with Gasteiger partial charge in [0.1, 0.15) is 0 Å². The Morgan fingerprint density at radius 3 is 2.59 bits per heavy atom. The Labute approximate surface area is 106 Å². The third-order valence-electron chi connectivity index (χ3n) is 3.36. The molecule has 0 heterocycles. The SMILES string of the molecule is CCNC(=O)N[C@H]1CCC[C@@H](CC(C)(C)C)C1. The van der Waals surface area contributed by atoms with Gasteiger partial charge in [-0.15, -0.1) is 0 Å². The highest BCUT2D eigenvalue weighted by atomic mass is 16.2. The maximum absolute atomic E-state index is 11.5. The predicted octanol–water partition coefficient (Wildman–Crippen LogP) is 3.30. The van der Waals surface area contributed by atoms with E-state index in [4.69, 9.17) is 0 Å². The zero-order valence-corrected chi connectivity index (χ0v) is 11.8. The van der Waals surface area contributed by atoms with E-state index >= 15 is 0 Å². The monoisotopic (exact) mass is 240 g/mol. The first kappa shape index (κ1) is 14.3. The van der Waals surface area contributed by atoms with E-state index in [1.807, 2.05) is 6.92 Å². The first-order valence-corrected chi connectivity index (χ1v) is 6.95. The van der Waals surface area contributed by atoms with Crippen molar-refractivity contribution in [1.82, 2.24) is 10.6 Å². The van der Waals surface area contributed by atoms with Crippen LogP contribution in [0.15, 0.2) is 0 Å². The lowest BCUT2D eigenvalue weighted by molar-refractivity contribution is 0.202. The van der Waals surface area contributed by atoms with Crippen molar-refractivity contribution in [2.75, 3.05) is 6.54 Å². The summed E-state index contributed by atoms with van der Waals surface area (Å²) in [5.74, 6) is 0.774. The van der Waals surface area contributed by atoms with Gasteiger partial charge in [-0.05, 0) is 37.5 Å². The van der Waals surface area contributed by atoms with Gasteiger partial charge in [0, 0.05) is 12.6 Å².